The predicted octanol–water partition coefficient (Wildman–Crippen LogP) is 5.70. The third-order valence-corrected chi connectivity index (χ3v) is 4.32. The largest absolute Gasteiger partial charge is 0.491 e. The van der Waals surface area contributed by atoms with Gasteiger partial charge in [0, 0.05) is 5.69 Å². The van der Waals surface area contributed by atoms with E-state index in [-0.39, 0.29) is 24.5 Å². The molecule has 0 heterocycles. The Morgan fingerprint density at radius 2 is 1.53 bits per heavy atom. The van der Waals surface area contributed by atoms with Gasteiger partial charge in [-0.05, 0) is 42.5 Å². The molecule has 3 rings (SSSR count). The summed E-state index contributed by atoms with van der Waals surface area (Å²) in [5.74, 6) is 0.136. The van der Waals surface area contributed by atoms with Gasteiger partial charge in [-0.3, -0.25) is 0 Å². The quantitative estimate of drug-likeness (QED) is 0.320. The lowest BCUT2D eigenvalue weighted by Gasteiger charge is -2.13. The second-order valence-corrected chi connectivity index (χ2v) is 6.66. The minimum atomic E-state index is -4.46. The van der Waals surface area contributed by atoms with Gasteiger partial charge in [-0.15, -0.1) is 0 Å². The van der Waals surface area contributed by atoms with Crippen LogP contribution in [0, 0.1) is 0 Å². The summed E-state index contributed by atoms with van der Waals surface area (Å²) in [6, 6.07) is 20.5. The lowest BCUT2D eigenvalue weighted by molar-refractivity contribution is -0.137. The molecule has 32 heavy (non-hydrogen) atoms. The van der Waals surface area contributed by atoms with Crippen molar-refractivity contribution in [3.05, 3.63) is 90.0 Å². The summed E-state index contributed by atoms with van der Waals surface area (Å²) in [5, 5.41) is 2.85. The topological polar surface area (TPSA) is 56.8 Å². The van der Waals surface area contributed by atoms with Crippen molar-refractivity contribution in [3.63, 3.8) is 0 Å². The number of hydrogen-bond donors (Lipinski definition) is 1. The van der Waals surface area contributed by atoms with Gasteiger partial charge in [-0.25, -0.2) is 4.79 Å². The molecule has 0 bridgehead atoms. The summed E-state index contributed by atoms with van der Waals surface area (Å²) in [6.45, 7) is 0.914. The zero-order valence-corrected chi connectivity index (χ0v) is 17.1. The highest BCUT2D eigenvalue weighted by Crippen LogP contribution is 2.32. The van der Waals surface area contributed by atoms with Crippen molar-refractivity contribution in [2.24, 2.45) is 0 Å². The first-order valence-corrected chi connectivity index (χ1v) is 9.89. The van der Waals surface area contributed by atoms with E-state index >= 15 is 0 Å². The Bertz CT molecular complexity index is 1010. The lowest BCUT2D eigenvalue weighted by Crippen LogP contribution is -2.14. The summed E-state index contributed by atoms with van der Waals surface area (Å²) < 4.78 is 54.9. The number of carbonyl (C=O) groups excluding carboxylic acids is 1. The standard InChI is InChI=1S/C24H22F3NO4/c25-24(26,27)18-7-6-8-19(17-18)28-22-12-5-4-11-21(22)23(29)32-16-14-30-13-15-31-20-9-2-1-3-10-20/h1-12,17,28H,13-16H2. The highest BCUT2D eigenvalue weighted by molar-refractivity contribution is 5.96. The van der Waals surface area contributed by atoms with Gasteiger partial charge in [0.05, 0.1) is 30.0 Å². The molecule has 0 radical (unpaired) electrons. The third kappa shape index (κ3) is 7.02. The van der Waals surface area contributed by atoms with Crippen LogP contribution >= 0.6 is 0 Å². The molecule has 0 aromatic heterocycles. The van der Waals surface area contributed by atoms with Crippen LogP contribution in [-0.2, 0) is 15.7 Å². The van der Waals surface area contributed by atoms with Gasteiger partial charge in [0.25, 0.3) is 0 Å². The highest BCUT2D eigenvalue weighted by atomic mass is 19.4. The van der Waals surface area contributed by atoms with Crippen molar-refractivity contribution in [2.75, 3.05) is 31.7 Å². The number of anilines is 2. The van der Waals surface area contributed by atoms with Gasteiger partial charge < -0.3 is 19.5 Å². The van der Waals surface area contributed by atoms with E-state index in [4.69, 9.17) is 14.2 Å². The molecule has 0 unspecified atom stereocenters. The van der Waals surface area contributed by atoms with Crippen LogP contribution < -0.4 is 10.1 Å². The molecule has 0 fully saturated rings. The first-order chi connectivity index (χ1) is 15.4. The van der Waals surface area contributed by atoms with E-state index in [1.807, 2.05) is 30.3 Å². The average Bonchev–Trinajstić information content (AvgIpc) is 2.79. The minimum Gasteiger partial charge on any atom is -0.491 e. The summed E-state index contributed by atoms with van der Waals surface area (Å²) >= 11 is 0. The fraction of sp³-hybridized carbons (Fsp3) is 0.208. The fourth-order valence-corrected chi connectivity index (χ4v) is 2.81. The second kappa shape index (κ2) is 11.2. The zero-order chi connectivity index (χ0) is 22.8. The van der Waals surface area contributed by atoms with Crippen molar-refractivity contribution in [2.45, 2.75) is 6.18 Å². The highest BCUT2D eigenvalue weighted by Gasteiger charge is 2.30. The van der Waals surface area contributed by atoms with Crippen molar-refractivity contribution >= 4 is 17.3 Å². The van der Waals surface area contributed by atoms with Gasteiger partial charge >= 0.3 is 12.1 Å². The van der Waals surface area contributed by atoms with Crippen LogP contribution in [0.2, 0.25) is 0 Å². The maximum atomic E-state index is 12.9. The van der Waals surface area contributed by atoms with Gasteiger partial charge in [0.15, 0.2) is 0 Å². The molecule has 0 aliphatic heterocycles. The summed E-state index contributed by atoms with van der Waals surface area (Å²) in [5.41, 5.74) is -0.0240. The van der Waals surface area contributed by atoms with Gasteiger partial charge in [-0.2, -0.15) is 13.2 Å². The minimum absolute atomic E-state index is 0.0298. The smallest absolute Gasteiger partial charge is 0.416 e. The first-order valence-electron chi connectivity index (χ1n) is 9.89. The van der Waals surface area contributed by atoms with Crippen molar-refractivity contribution < 1.29 is 32.2 Å². The third-order valence-electron chi connectivity index (χ3n) is 4.32. The number of hydrogen-bond acceptors (Lipinski definition) is 5. The Kier molecular flexibility index (Phi) is 8.10. The maximum absolute atomic E-state index is 12.9. The molecule has 1 N–H and O–H groups in total. The predicted molar refractivity (Wildman–Crippen MR) is 114 cm³/mol. The van der Waals surface area contributed by atoms with Crippen LogP contribution in [0.1, 0.15) is 15.9 Å². The van der Waals surface area contributed by atoms with E-state index < -0.39 is 17.7 Å². The number of nitrogens with one attached hydrogen (secondary N) is 1. The summed E-state index contributed by atoms with van der Waals surface area (Å²) in [7, 11) is 0. The molecule has 8 heteroatoms. The Labute approximate surface area is 183 Å². The van der Waals surface area contributed by atoms with Crippen LogP contribution in [0.15, 0.2) is 78.9 Å². The number of benzene rings is 3. The molecule has 0 saturated carbocycles. The Morgan fingerprint density at radius 3 is 2.31 bits per heavy atom. The van der Waals surface area contributed by atoms with Crippen LogP contribution in [-0.4, -0.2) is 32.4 Å². The number of ether oxygens (including phenoxy) is 3. The Balaban J connectivity index is 1.47. The molecular formula is C24H22F3NO4. The zero-order valence-electron chi connectivity index (χ0n) is 17.1. The van der Waals surface area contributed by atoms with Crippen LogP contribution in [0.25, 0.3) is 0 Å². The second-order valence-electron chi connectivity index (χ2n) is 6.66. The lowest BCUT2D eigenvalue weighted by atomic mass is 10.1. The monoisotopic (exact) mass is 445 g/mol. The number of para-hydroxylation sites is 2. The molecule has 0 aliphatic carbocycles. The van der Waals surface area contributed by atoms with Gasteiger partial charge in [0.2, 0.25) is 0 Å². The number of halogens is 3. The molecule has 0 spiro atoms. The van der Waals surface area contributed by atoms with Crippen LogP contribution in [0.3, 0.4) is 0 Å². The van der Waals surface area contributed by atoms with E-state index in [0.29, 0.717) is 18.9 Å². The number of alkyl halides is 3. The average molecular weight is 445 g/mol. The normalized spacial score (nSPS) is 11.1. The number of esters is 1. The van der Waals surface area contributed by atoms with Gasteiger partial charge in [0.1, 0.15) is 19.0 Å². The van der Waals surface area contributed by atoms with E-state index in [1.54, 1.807) is 18.2 Å². The molecule has 0 saturated heterocycles. The Hall–Kier alpha value is -3.52. The fourth-order valence-electron chi connectivity index (χ4n) is 2.81. The van der Waals surface area contributed by atoms with E-state index in [9.17, 15) is 18.0 Å². The molecule has 0 aliphatic rings. The molecule has 3 aromatic carbocycles. The van der Waals surface area contributed by atoms with Crippen molar-refractivity contribution in [1.29, 1.82) is 0 Å². The summed E-state index contributed by atoms with van der Waals surface area (Å²) in [6.07, 6.45) is -4.46. The molecule has 0 atom stereocenters. The van der Waals surface area contributed by atoms with Crippen molar-refractivity contribution in [1.82, 2.24) is 0 Å². The molecule has 168 valence electrons. The number of carbonyl (C=O) groups is 1. The van der Waals surface area contributed by atoms with Crippen molar-refractivity contribution in [3.8, 4) is 5.75 Å². The van der Waals surface area contributed by atoms with Crippen LogP contribution in [0.4, 0.5) is 24.5 Å². The van der Waals surface area contributed by atoms with E-state index in [2.05, 4.69) is 5.32 Å². The summed E-state index contributed by atoms with van der Waals surface area (Å²) in [4.78, 5) is 12.4. The molecule has 5 nitrogen and oxygen atoms in total. The van der Waals surface area contributed by atoms with Crippen LogP contribution in [0.5, 0.6) is 5.75 Å². The molecule has 0 amide bonds. The van der Waals surface area contributed by atoms with E-state index in [0.717, 1.165) is 17.9 Å². The maximum Gasteiger partial charge on any atom is 0.416 e. The van der Waals surface area contributed by atoms with Gasteiger partial charge in [-0.1, -0.05) is 36.4 Å². The SMILES string of the molecule is O=C(OCCOCCOc1ccccc1)c1ccccc1Nc1cccc(C(F)(F)F)c1. The number of rotatable bonds is 10. The Morgan fingerprint density at radius 1 is 0.812 bits per heavy atom. The first kappa shape index (κ1) is 23.1. The molecular weight excluding hydrogens is 423 g/mol. The van der Waals surface area contributed by atoms with E-state index in [1.165, 1.54) is 18.2 Å². The molecule has 3 aromatic rings.